The zero-order chi connectivity index (χ0) is 22.9. The molecular weight excluding hydrogens is 431 g/mol. The monoisotopic (exact) mass is 450 g/mol. The van der Waals surface area contributed by atoms with E-state index in [0.29, 0.717) is 23.1 Å². The summed E-state index contributed by atoms with van der Waals surface area (Å²) < 4.78 is 41.2. The third kappa shape index (κ3) is 4.06. The lowest BCUT2D eigenvalue weighted by molar-refractivity contribution is 0.0903. The van der Waals surface area contributed by atoms with Gasteiger partial charge < -0.3 is 5.11 Å². The molecule has 0 aliphatic carbocycles. The highest BCUT2D eigenvalue weighted by Gasteiger charge is 2.30. The van der Waals surface area contributed by atoms with Crippen LogP contribution in [0.15, 0.2) is 65.6 Å². The van der Waals surface area contributed by atoms with Gasteiger partial charge in [0, 0.05) is 18.7 Å². The van der Waals surface area contributed by atoms with Crippen LogP contribution in [0.5, 0.6) is 0 Å². The summed E-state index contributed by atoms with van der Waals surface area (Å²) in [6.07, 6.45) is 0.341. The molecule has 1 heterocycles. The second-order valence-electron chi connectivity index (χ2n) is 7.48. The summed E-state index contributed by atoms with van der Waals surface area (Å²) in [5.74, 6) is -0.862. The van der Waals surface area contributed by atoms with E-state index in [1.54, 1.807) is 36.4 Å². The van der Waals surface area contributed by atoms with Crippen molar-refractivity contribution >= 4 is 15.8 Å². The van der Waals surface area contributed by atoms with Crippen LogP contribution in [-0.2, 0) is 23.0 Å². The molecule has 0 atom stereocenters. The van der Waals surface area contributed by atoms with E-state index in [9.17, 15) is 22.9 Å². The quantitative estimate of drug-likeness (QED) is 0.602. The highest BCUT2D eigenvalue weighted by atomic mass is 32.2. The first-order chi connectivity index (χ1) is 15.3. The van der Waals surface area contributed by atoms with Gasteiger partial charge in [0.05, 0.1) is 16.5 Å². The van der Waals surface area contributed by atoms with Crippen molar-refractivity contribution < 1.29 is 22.7 Å². The standard InChI is InChI=1S/C24H19FN2O4S/c25-21-6-4-16(5-7-21)17-2-1-3-22(12-17)32(30,31)27-9-8-18-10-19(24(29)15-28)11-20(13-26)23(18)14-27/h1-7,10-12,28H,8-9,14-15H2. The van der Waals surface area contributed by atoms with Crippen LogP contribution in [0.2, 0.25) is 0 Å². The SMILES string of the molecule is N#Cc1cc(C(=O)CO)cc2c1CN(S(=O)(=O)c1cccc(-c3ccc(F)cc3)c1)CC2. The molecule has 162 valence electrons. The minimum Gasteiger partial charge on any atom is -0.388 e. The molecule has 4 rings (SSSR count). The van der Waals surface area contributed by atoms with Gasteiger partial charge >= 0.3 is 0 Å². The van der Waals surface area contributed by atoms with Gasteiger partial charge in [-0.2, -0.15) is 9.57 Å². The molecule has 1 aliphatic rings. The van der Waals surface area contributed by atoms with Gasteiger partial charge in [-0.25, -0.2) is 12.8 Å². The molecule has 0 spiro atoms. The number of nitrogens with zero attached hydrogens (tertiary/aromatic N) is 2. The van der Waals surface area contributed by atoms with Crippen LogP contribution >= 0.6 is 0 Å². The summed E-state index contributed by atoms with van der Waals surface area (Å²) in [6.45, 7) is -0.457. The van der Waals surface area contributed by atoms with Crippen LogP contribution < -0.4 is 0 Å². The number of rotatable bonds is 5. The number of benzene rings is 3. The lowest BCUT2D eigenvalue weighted by Crippen LogP contribution is -2.36. The number of hydrogen-bond donors (Lipinski definition) is 1. The molecule has 0 saturated carbocycles. The fourth-order valence-corrected chi connectivity index (χ4v) is 5.28. The van der Waals surface area contributed by atoms with Gasteiger partial charge in [-0.15, -0.1) is 0 Å². The van der Waals surface area contributed by atoms with E-state index in [0.717, 1.165) is 5.56 Å². The summed E-state index contributed by atoms with van der Waals surface area (Å²) >= 11 is 0. The van der Waals surface area contributed by atoms with Crippen molar-refractivity contribution in [1.29, 1.82) is 5.26 Å². The van der Waals surface area contributed by atoms with Crippen LogP contribution in [0.1, 0.15) is 27.0 Å². The molecular formula is C24H19FN2O4S. The average molecular weight is 450 g/mol. The fraction of sp³-hybridized carbons (Fsp3) is 0.167. The zero-order valence-corrected chi connectivity index (χ0v) is 17.8. The summed E-state index contributed by atoms with van der Waals surface area (Å²) in [4.78, 5) is 12.0. The highest BCUT2D eigenvalue weighted by Crippen LogP contribution is 2.30. The Morgan fingerprint density at radius 1 is 1.09 bits per heavy atom. The van der Waals surface area contributed by atoms with Gasteiger partial charge in [0.1, 0.15) is 12.4 Å². The van der Waals surface area contributed by atoms with Gasteiger partial charge in [-0.05, 0) is 65.1 Å². The number of aliphatic hydroxyl groups is 1. The van der Waals surface area contributed by atoms with Gasteiger partial charge in [-0.1, -0.05) is 24.3 Å². The van der Waals surface area contributed by atoms with Crippen LogP contribution in [0, 0.1) is 17.1 Å². The second-order valence-corrected chi connectivity index (χ2v) is 9.42. The van der Waals surface area contributed by atoms with Crippen molar-refractivity contribution in [2.45, 2.75) is 17.9 Å². The van der Waals surface area contributed by atoms with E-state index < -0.39 is 22.4 Å². The van der Waals surface area contributed by atoms with Crippen molar-refractivity contribution in [3.8, 4) is 17.2 Å². The number of aliphatic hydroxyl groups excluding tert-OH is 1. The maximum absolute atomic E-state index is 13.4. The lowest BCUT2D eigenvalue weighted by atomic mass is 9.92. The van der Waals surface area contributed by atoms with E-state index in [4.69, 9.17) is 5.11 Å². The van der Waals surface area contributed by atoms with Crippen LogP contribution in [0.25, 0.3) is 11.1 Å². The molecule has 32 heavy (non-hydrogen) atoms. The van der Waals surface area contributed by atoms with Crippen molar-refractivity contribution in [2.24, 2.45) is 0 Å². The fourth-order valence-electron chi connectivity index (χ4n) is 3.83. The van der Waals surface area contributed by atoms with E-state index in [1.807, 2.05) is 6.07 Å². The largest absolute Gasteiger partial charge is 0.388 e. The number of sulfonamides is 1. The molecule has 0 bridgehead atoms. The van der Waals surface area contributed by atoms with Crippen molar-refractivity contribution in [1.82, 2.24) is 4.31 Å². The maximum Gasteiger partial charge on any atom is 0.243 e. The zero-order valence-electron chi connectivity index (χ0n) is 17.0. The van der Waals surface area contributed by atoms with Crippen LogP contribution in [-0.4, -0.2) is 36.8 Å². The Morgan fingerprint density at radius 3 is 2.53 bits per heavy atom. The van der Waals surface area contributed by atoms with E-state index in [-0.39, 0.29) is 34.9 Å². The minimum atomic E-state index is -3.86. The lowest BCUT2D eigenvalue weighted by Gasteiger charge is -2.29. The van der Waals surface area contributed by atoms with E-state index in [2.05, 4.69) is 0 Å². The molecule has 0 radical (unpaired) electrons. The number of nitriles is 1. The Morgan fingerprint density at radius 2 is 1.84 bits per heavy atom. The predicted octanol–water partition coefficient (Wildman–Crippen LogP) is 3.29. The number of ketones is 1. The van der Waals surface area contributed by atoms with Crippen molar-refractivity contribution in [2.75, 3.05) is 13.2 Å². The van der Waals surface area contributed by atoms with Crippen molar-refractivity contribution in [3.05, 3.63) is 88.7 Å². The molecule has 0 saturated heterocycles. The Labute approximate surface area is 185 Å². The number of fused-ring (bicyclic) bond motifs is 1. The third-order valence-corrected chi connectivity index (χ3v) is 7.38. The Hall–Kier alpha value is -3.38. The van der Waals surface area contributed by atoms with E-state index >= 15 is 0 Å². The third-order valence-electron chi connectivity index (χ3n) is 5.54. The van der Waals surface area contributed by atoms with Gasteiger partial charge in [0.2, 0.25) is 10.0 Å². The summed E-state index contributed by atoms with van der Waals surface area (Å²) in [5, 5.41) is 18.7. The molecule has 6 nitrogen and oxygen atoms in total. The molecule has 0 fully saturated rings. The van der Waals surface area contributed by atoms with Crippen LogP contribution in [0.3, 0.4) is 0 Å². The number of carbonyl (C=O) groups is 1. The van der Waals surface area contributed by atoms with E-state index in [1.165, 1.54) is 28.6 Å². The summed E-state index contributed by atoms with van der Waals surface area (Å²) in [5.41, 5.74) is 3.10. The maximum atomic E-state index is 13.4. The molecule has 8 heteroatoms. The summed E-state index contributed by atoms with van der Waals surface area (Å²) in [7, 11) is -3.86. The number of hydrogen-bond acceptors (Lipinski definition) is 5. The number of carbonyl (C=O) groups excluding carboxylic acids is 1. The smallest absolute Gasteiger partial charge is 0.243 e. The molecule has 3 aromatic rings. The molecule has 0 aromatic heterocycles. The van der Waals surface area contributed by atoms with Crippen molar-refractivity contribution in [3.63, 3.8) is 0 Å². The van der Waals surface area contributed by atoms with Crippen LogP contribution in [0.4, 0.5) is 4.39 Å². The van der Waals surface area contributed by atoms with Gasteiger partial charge in [0.15, 0.2) is 5.78 Å². The topological polar surface area (TPSA) is 98.5 Å². The first kappa shape index (κ1) is 21.8. The number of halogens is 1. The first-order valence-electron chi connectivity index (χ1n) is 9.89. The number of Topliss-reactive ketones (excluding diaryl/α,β-unsaturated/α-hetero) is 1. The van der Waals surface area contributed by atoms with Gasteiger partial charge in [0.25, 0.3) is 0 Å². The normalized spacial score (nSPS) is 13.9. The Bertz CT molecular complexity index is 1350. The Kier molecular flexibility index (Phi) is 5.89. The summed E-state index contributed by atoms with van der Waals surface area (Å²) in [6, 6.07) is 17.3. The van der Waals surface area contributed by atoms with Gasteiger partial charge in [-0.3, -0.25) is 4.79 Å². The highest BCUT2D eigenvalue weighted by molar-refractivity contribution is 7.89. The first-order valence-corrected chi connectivity index (χ1v) is 11.3. The molecule has 0 amide bonds. The average Bonchev–Trinajstić information content (AvgIpc) is 2.82. The molecule has 0 unspecified atom stereocenters. The second kappa shape index (κ2) is 8.63. The molecule has 1 N–H and O–H groups in total. The molecule has 3 aromatic carbocycles. The minimum absolute atomic E-state index is 0.00886. The predicted molar refractivity (Wildman–Crippen MR) is 116 cm³/mol. The molecule has 1 aliphatic heterocycles. The Balaban J connectivity index is 1.67.